The van der Waals surface area contributed by atoms with Crippen LogP contribution in [0.2, 0.25) is 0 Å². The van der Waals surface area contributed by atoms with Gasteiger partial charge in [0.15, 0.2) is 0 Å². The lowest BCUT2D eigenvalue weighted by Crippen LogP contribution is -2.56. The number of esters is 1. The second-order valence-corrected chi connectivity index (χ2v) is 10.5. The molecule has 0 aliphatic heterocycles. The summed E-state index contributed by atoms with van der Waals surface area (Å²) in [5.41, 5.74) is -1.51. The first kappa shape index (κ1) is 23.6. The Kier molecular flexibility index (Phi) is 6.45. The van der Waals surface area contributed by atoms with Gasteiger partial charge in [-0.05, 0) is 37.0 Å². The molecule has 6 atom stereocenters. The van der Waals surface area contributed by atoms with E-state index in [4.69, 9.17) is 4.74 Å². The number of carbonyl (C=O) groups is 5. The van der Waals surface area contributed by atoms with E-state index < -0.39 is 28.8 Å². The van der Waals surface area contributed by atoms with Crippen molar-refractivity contribution in [1.82, 2.24) is 5.32 Å². The second kappa shape index (κ2) is 8.47. The van der Waals surface area contributed by atoms with Crippen LogP contribution in [0.25, 0.3) is 0 Å². The monoisotopic (exact) mass is 433 g/mol. The van der Waals surface area contributed by atoms with Crippen LogP contribution in [-0.4, -0.2) is 42.4 Å². The molecule has 31 heavy (non-hydrogen) atoms. The number of ether oxygens (including phenoxy) is 1. The molecule has 3 aliphatic rings. The number of Topliss-reactive ketones (excluding diaryl/α,β-unsaturated/α-hetero) is 3. The average molecular weight is 434 g/mol. The van der Waals surface area contributed by atoms with Gasteiger partial charge in [-0.3, -0.25) is 19.2 Å². The lowest BCUT2D eigenvalue weighted by atomic mass is 9.48. The number of rotatable bonds is 6. The maximum Gasteiger partial charge on any atom is 0.328 e. The van der Waals surface area contributed by atoms with Gasteiger partial charge < -0.3 is 10.1 Å². The number of methoxy groups -OCH3 is 1. The molecule has 7 heteroatoms. The van der Waals surface area contributed by atoms with E-state index >= 15 is 0 Å². The molecular formula is C24H35NO6. The van der Waals surface area contributed by atoms with Crippen molar-refractivity contribution in [3.05, 3.63) is 0 Å². The summed E-state index contributed by atoms with van der Waals surface area (Å²) in [5.74, 6) is -1.07. The Morgan fingerprint density at radius 2 is 1.74 bits per heavy atom. The van der Waals surface area contributed by atoms with Crippen molar-refractivity contribution in [2.45, 2.75) is 78.7 Å². The fourth-order valence-electron chi connectivity index (χ4n) is 6.45. The largest absolute Gasteiger partial charge is 0.467 e. The third-order valence-electron chi connectivity index (χ3n) is 8.31. The third kappa shape index (κ3) is 3.96. The maximum atomic E-state index is 13.3. The molecule has 1 amide bonds. The minimum atomic E-state index is -0.914. The molecule has 0 unspecified atom stereocenters. The molecule has 172 valence electrons. The highest BCUT2D eigenvalue weighted by Crippen LogP contribution is 2.60. The zero-order chi connectivity index (χ0) is 23.1. The summed E-state index contributed by atoms with van der Waals surface area (Å²) in [6, 6.07) is -0.748. The van der Waals surface area contributed by atoms with Gasteiger partial charge in [0, 0.05) is 42.4 Å². The zero-order valence-electron chi connectivity index (χ0n) is 19.3. The summed E-state index contributed by atoms with van der Waals surface area (Å²) < 4.78 is 4.77. The van der Waals surface area contributed by atoms with Crippen molar-refractivity contribution < 1.29 is 28.7 Å². The molecule has 0 aromatic carbocycles. The van der Waals surface area contributed by atoms with Crippen molar-refractivity contribution in [3.8, 4) is 0 Å². The van der Waals surface area contributed by atoms with Gasteiger partial charge in [-0.15, -0.1) is 0 Å². The predicted molar refractivity (Wildman–Crippen MR) is 113 cm³/mol. The smallest absolute Gasteiger partial charge is 0.328 e. The normalized spacial score (nSPS) is 36.1. The van der Waals surface area contributed by atoms with Gasteiger partial charge >= 0.3 is 5.97 Å². The third-order valence-corrected chi connectivity index (χ3v) is 8.31. The predicted octanol–water partition coefficient (Wildman–Crippen LogP) is 2.64. The topological polar surface area (TPSA) is 107 Å². The number of carbonyl (C=O) groups excluding carboxylic acids is 5. The number of hydrogen-bond donors (Lipinski definition) is 1. The van der Waals surface area contributed by atoms with Gasteiger partial charge in [0.05, 0.1) is 7.11 Å². The molecule has 0 aromatic heterocycles. The lowest BCUT2D eigenvalue weighted by Gasteiger charge is -2.53. The van der Waals surface area contributed by atoms with E-state index in [0.717, 1.165) is 6.42 Å². The van der Waals surface area contributed by atoms with E-state index in [0.29, 0.717) is 19.3 Å². The van der Waals surface area contributed by atoms with Crippen LogP contribution >= 0.6 is 0 Å². The summed E-state index contributed by atoms with van der Waals surface area (Å²) in [6.45, 7) is 7.37. The van der Waals surface area contributed by atoms with E-state index in [1.807, 2.05) is 27.7 Å². The quantitative estimate of drug-likeness (QED) is 0.646. The van der Waals surface area contributed by atoms with Crippen LogP contribution in [0.3, 0.4) is 0 Å². The molecular weight excluding hydrogens is 398 g/mol. The highest BCUT2D eigenvalue weighted by molar-refractivity contribution is 5.99. The molecule has 7 nitrogen and oxygen atoms in total. The second-order valence-electron chi connectivity index (χ2n) is 10.5. The van der Waals surface area contributed by atoms with Crippen molar-refractivity contribution in [2.75, 3.05) is 7.11 Å². The highest BCUT2D eigenvalue weighted by atomic mass is 16.5. The van der Waals surface area contributed by atoms with Crippen LogP contribution in [0.15, 0.2) is 0 Å². The molecule has 0 heterocycles. The SMILES string of the molecule is COC(=O)[C@@H](NC(=O)CC[C@@]1(C)C(=O)CC[C@@H]2[C@@H]1C(=O)C[C@]1(C)C(=O)CC[C@@H]21)C(C)C. The van der Waals surface area contributed by atoms with Gasteiger partial charge in [0.25, 0.3) is 0 Å². The highest BCUT2D eigenvalue weighted by Gasteiger charge is 2.62. The number of hydrogen-bond acceptors (Lipinski definition) is 6. The van der Waals surface area contributed by atoms with E-state index in [1.165, 1.54) is 7.11 Å². The Bertz CT molecular complexity index is 804. The molecule has 0 aromatic rings. The van der Waals surface area contributed by atoms with Gasteiger partial charge in [0.2, 0.25) is 5.91 Å². The Balaban J connectivity index is 1.76. The van der Waals surface area contributed by atoms with Crippen LogP contribution in [0.4, 0.5) is 0 Å². The minimum Gasteiger partial charge on any atom is -0.467 e. The Hall–Kier alpha value is -2.05. The number of amides is 1. The summed E-state index contributed by atoms with van der Waals surface area (Å²) in [4.78, 5) is 63.4. The van der Waals surface area contributed by atoms with Crippen LogP contribution in [0.1, 0.15) is 72.6 Å². The molecule has 0 spiro atoms. The summed E-state index contributed by atoms with van der Waals surface area (Å²) >= 11 is 0. The summed E-state index contributed by atoms with van der Waals surface area (Å²) in [7, 11) is 1.28. The van der Waals surface area contributed by atoms with Crippen molar-refractivity contribution in [1.29, 1.82) is 0 Å². The van der Waals surface area contributed by atoms with Crippen molar-refractivity contribution in [2.24, 2.45) is 34.5 Å². The van der Waals surface area contributed by atoms with E-state index in [1.54, 1.807) is 0 Å². The van der Waals surface area contributed by atoms with Gasteiger partial charge in [-0.1, -0.05) is 27.7 Å². The Morgan fingerprint density at radius 1 is 1.10 bits per heavy atom. The zero-order valence-corrected chi connectivity index (χ0v) is 19.3. The first-order valence-corrected chi connectivity index (χ1v) is 11.4. The molecule has 0 radical (unpaired) electrons. The molecule has 1 N–H and O–H groups in total. The van der Waals surface area contributed by atoms with Crippen LogP contribution in [0.5, 0.6) is 0 Å². The average Bonchev–Trinajstić information content (AvgIpc) is 3.00. The molecule has 3 fully saturated rings. The van der Waals surface area contributed by atoms with E-state index in [2.05, 4.69) is 5.32 Å². The molecule has 3 saturated carbocycles. The van der Waals surface area contributed by atoms with Crippen LogP contribution in [-0.2, 0) is 28.7 Å². The van der Waals surface area contributed by atoms with Crippen LogP contribution in [0, 0.1) is 34.5 Å². The standard InChI is InChI=1S/C24H35NO6/c1-13(2)21(22(30)31-5)25-19(29)10-11-23(3)17(27)8-6-14-15-7-9-18(28)24(15,4)12-16(26)20(14)23/h13-15,20-21H,6-12H2,1-5H3,(H,25,29)/t14-,15-,20+,21-,23-,24-/m0/s1. The van der Waals surface area contributed by atoms with Gasteiger partial charge in [-0.25, -0.2) is 4.79 Å². The fraction of sp³-hybridized carbons (Fsp3) is 0.792. The van der Waals surface area contributed by atoms with Gasteiger partial charge in [0.1, 0.15) is 23.4 Å². The first-order chi connectivity index (χ1) is 14.5. The summed E-state index contributed by atoms with van der Waals surface area (Å²) in [6.07, 6.45) is 2.82. The Morgan fingerprint density at radius 3 is 2.35 bits per heavy atom. The van der Waals surface area contributed by atoms with Crippen molar-refractivity contribution >= 4 is 29.2 Å². The molecule has 3 aliphatic carbocycles. The molecule has 0 bridgehead atoms. The van der Waals surface area contributed by atoms with Crippen molar-refractivity contribution in [3.63, 3.8) is 0 Å². The molecule has 3 rings (SSSR count). The first-order valence-electron chi connectivity index (χ1n) is 11.4. The summed E-state index contributed by atoms with van der Waals surface area (Å²) in [5, 5.41) is 2.72. The molecule has 0 saturated heterocycles. The van der Waals surface area contributed by atoms with E-state index in [-0.39, 0.29) is 60.3 Å². The lowest BCUT2D eigenvalue weighted by molar-refractivity contribution is -0.160. The maximum absolute atomic E-state index is 13.3. The Labute approximate surface area is 184 Å². The fourth-order valence-corrected chi connectivity index (χ4v) is 6.45. The van der Waals surface area contributed by atoms with Crippen LogP contribution < -0.4 is 5.32 Å². The van der Waals surface area contributed by atoms with E-state index in [9.17, 15) is 24.0 Å². The minimum absolute atomic E-state index is 0.00965. The number of nitrogens with one attached hydrogen (secondary N) is 1. The number of ketones is 3. The number of fused-ring (bicyclic) bond motifs is 3. The van der Waals surface area contributed by atoms with Gasteiger partial charge in [-0.2, -0.15) is 0 Å².